The second-order valence-corrected chi connectivity index (χ2v) is 6.81. The number of hydrogen-bond acceptors (Lipinski definition) is 3. The number of nitrogens with zero attached hydrogens (tertiary/aromatic N) is 1. The van der Waals surface area contributed by atoms with Crippen molar-refractivity contribution in [3.05, 3.63) is 65.2 Å². The van der Waals surface area contributed by atoms with E-state index in [2.05, 4.69) is 11.4 Å². The number of benzene rings is 2. The van der Waals surface area contributed by atoms with Crippen LogP contribution in [-0.2, 0) is 16.0 Å². The van der Waals surface area contributed by atoms with Crippen LogP contribution in [0.15, 0.2) is 48.5 Å². The predicted molar refractivity (Wildman–Crippen MR) is 96.2 cm³/mol. The van der Waals surface area contributed by atoms with E-state index in [0.717, 1.165) is 23.2 Å². The van der Waals surface area contributed by atoms with E-state index >= 15 is 0 Å². The van der Waals surface area contributed by atoms with Crippen LogP contribution in [0.5, 0.6) is 0 Å². The lowest BCUT2D eigenvalue weighted by atomic mass is 9.88. The van der Waals surface area contributed by atoms with E-state index in [1.165, 1.54) is 5.56 Å². The Morgan fingerprint density at radius 3 is 2.52 bits per heavy atom. The van der Waals surface area contributed by atoms with Crippen molar-refractivity contribution < 1.29 is 9.59 Å². The molecule has 2 aromatic carbocycles. The summed E-state index contributed by atoms with van der Waals surface area (Å²) in [5.74, 6) is -0.629. The van der Waals surface area contributed by atoms with Crippen LogP contribution in [0, 0.1) is 0 Å². The summed E-state index contributed by atoms with van der Waals surface area (Å²) in [7, 11) is 1.75. The maximum atomic E-state index is 12.9. The number of nitrogens with one attached hydrogen (secondary N) is 1. The molecule has 25 heavy (non-hydrogen) atoms. The number of fused-ring (bicyclic) bond motifs is 2. The zero-order chi connectivity index (χ0) is 17.6. The number of nitrogens with two attached hydrogens (primary N) is 1. The molecule has 5 heteroatoms. The van der Waals surface area contributed by atoms with E-state index in [4.69, 9.17) is 5.73 Å². The molecule has 0 radical (unpaired) electrons. The highest BCUT2D eigenvalue weighted by Gasteiger charge is 2.37. The molecule has 2 unspecified atom stereocenters. The number of para-hydroxylation sites is 1. The fraction of sp³-hybridized carbons (Fsp3) is 0.300. The Morgan fingerprint density at radius 2 is 1.76 bits per heavy atom. The smallest absolute Gasteiger partial charge is 0.228 e. The van der Waals surface area contributed by atoms with Crippen LogP contribution >= 0.6 is 0 Å². The van der Waals surface area contributed by atoms with E-state index in [-0.39, 0.29) is 30.3 Å². The van der Waals surface area contributed by atoms with Gasteiger partial charge in [0.2, 0.25) is 11.8 Å². The Bertz CT molecular complexity index is 848. The third-order valence-electron chi connectivity index (χ3n) is 5.36. The number of carbonyl (C=O) groups excluding carboxylic acids is 2. The topological polar surface area (TPSA) is 75.4 Å². The average Bonchev–Trinajstić information content (AvgIpc) is 2.94. The third-order valence-corrected chi connectivity index (χ3v) is 5.36. The minimum Gasteiger partial charge on any atom is -0.351 e. The van der Waals surface area contributed by atoms with Gasteiger partial charge in [-0.3, -0.25) is 9.59 Å². The highest BCUT2D eigenvalue weighted by molar-refractivity contribution is 6.02. The molecule has 4 rings (SSSR count). The molecule has 2 amide bonds. The summed E-state index contributed by atoms with van der Waals surface area (Å²) in [6.07, 6.45) is 0.916. The number of rotatable bonds is 2. The van der Waals surface area contributed by atoms with Gasteiger partial charge < -0.3 is 16.0 Å². The first kappa shape index (κ1) is 15.8. The lowest BCUT2D eigenvalue weighted by Crippen LogP contribution is -2.45. The van der Waals surface area contributed by atoms with Crippen LogP contribution in [0.3, 0.4) is 0 Å². The van der Waals surface area contributed by atoms with Gasteiger partial charge >= 0.3 is 0 Å². The summed E-state index contributed by atoms with van der Waals surface area (Å²) in [4.78, 5) is 26.8. The average molecular weight is 335 g/mol. The largest absolute Gasteiger partial charge is 0.351 e. The van der Waals surface area contributed by atoms with Crippen molar-refractivity contribution in [3.63, 3.8) is 0 Å². The molecule has 2 aliphatic rings. The van der Waals surface area contributed by atoms with Crippen LogP contribution in [0.1, 0.15) is 35.1 Å². The van der Waals surface area contributed by atoms with E-state index in [0.29, 0.717) is 0 Å². The van der Waals surface area contributed by atoms with Crippen molar-refractivity contribution in [3.8, 4) is 0 Å². The van der Waals surface area contributed by atoms with Crippen molar-refractivity contribution in [2.75, 3.05) is 11.9 Å². The van der Waals surface area contributed by atoms with Gasteiger partial charge in [0.1, 0.15) is 0 Å². The van der Waals surface area contributed by atoms with Gasteiger partial charge in [0, 0.05) is 19.2 Å². The summed E-state index contributed by atoms with van der Waals surface area (Å²) >= 11 is 0. The zero-order valence-corrected chi connectivity index (χ0v) is 14.1. The second-order valence-electron chi connectivity index (χ2n) is 6.81. The molecule has 0 spiro atoms. The molecule has 0 fully saturated rings. The van der Waals surface area contributed by atoms with Crippen molar-refractivity contribution in [1.29, 1.82) is 0 Å². The molecule has 0 aromatic heterocycles. The summed E-state index contributed by atoms with van der Waals surface area (Å²) in [6, 6.07) is 15.3. The summed E-state index contributed by atoms with van der Waals surface area (Å²) in [5, 5.41) is 3.09. The molecule has 1 aliphatic carbocycles. The van der Waals surface area contributed by atoms with Crippen LogP contribution in [0.4, 0.5) is 5.69 Å². The van der Waals surface area contributed by atoms with E-state index < -0.39 is 5.92 Å². The quantitative estimate of drug-likeness (QED) is 0.880. The number of amides is 2. The van der Waals surface area contributed by atoms with Gasteiger partial charge in [0.15, 0.2) is 0 Å². The molecule has 1 heterocycles. The van der Waals surface area contributed by atoms with E-state index in [1.54, 1.807) is 11.9 Å². The highest BCUT2D eigenvalue weighted by Crippen LogP contribution is 2.36. The molecular formula is C20H21N3O2. The highest BCUT2D eigenvalue weighted by atomic mass is 16.2. The van der Waals surface area contributed by atoms with Gasteiger partial charge in [-0.15, -0.1) is 0 Å². The predicted octanol–water partition coefficient (Wildman–Crippen LogP) is 1.88. The monoisotopic (exact) mass is 335 g/mol. The third kappa shape index (κ3) is 2.61. The number of anilines is 1. The number of carbonyl (C=O) groups is 2. The Labute approximate surface area is 146 Å². The van der Waals surface area contributed by atoms with Gasteiger partial charge in [-0.25, -0.2) is 0 Å². The molecule has 3 atom stereocenters. The minimum atomic E-state index is -0.462. The first-order chi connectivity index (χ1) is 12.1. The van der Waals surface area contributed by atoms with Crippen molar-refractivity contribution >= 4 is 17.5 Å². The van der Waals surface area contributed by atoms with Crippen LogP contribution in [0.25, 0.3) is 0 Å². The van der Waals surface area contributed by atoms with Gasteiger partial charge in [-0.2, -0.15) is 0 Å². The van der Waals surface area contributed by atoms with Gasteiger partial charge in [0.25, 0.3) is 0 Å². The summed E-state index contributed by atoms with van der Waals surface area (Å²) in [6.45, 7) is 0. The molecule has 128 valence electrons. The fourth-order valence-electron chi connectivity index (χ4n) is 3.93. The standard InChI is InChI=1S/C20H21N3O2/c1-23-17-9-5-4-8-14(17)15(11-18(23)24)20(25)22-16-10-12-6-2-3-7-13(12)19(16)21/h2-9,15-16,19H,10-11,21H2,1H3,(H,22,25)/t15?,16-,19?/m0/s1. The molecule has 0 saturated heterocycles. The van der Waals surface area contributed by atoms with Crippen LogP contribution < -0.4 is 16.0 Å². The van der Waals surface area contributed by atoms with Gasteiger partial charge in [0.05, 0.1) is 18.0 Å². The van der Waals surface area contributed by atoms with Crippen LogP contribution in [0.2, 0.25) is 0 Å². The zero-order valence-electron chi connectivity index (χ0n) is 14.1. The normalized spacial score (nSPS) is 24.6. The first-order valence-corrected chi connectivity index (χ1v) is 8.55. The van der Waals surface area contributed by atoms with Gasteiger partial charge in [-0.1, -0.05) is 42.5 Å². The summed E-state index contributed by atoms with van der Waals surface area (Å²) in [5.41, 5.74) is 10.3. The second kappa shape index (κ2) is 6.01. The number of hydrogen-bond donors (Lipinski definition) is 2. The Morgan fingerprint density at radius 1 is 1.08 bits per heavy atom. The van der Waals surface area contributed by atoms with Crippen LogP contribution in [-0.4, -0.2) is 24.9 Å². The van der Waals surface area contributed by atoms with E-state index in [9.17, 15) is 9.59 Å². The molecule has 1 aliphatic heterocycles. The SMILES string of the molecule is CN1C(=O)CC(C(=O)N[C@H]2Cc3ccccc3C2N)c2ccccc21. The van der Waals surface area contributed by atoms with Crippen molar-refractivity contribution in [1.82, 2.24) is 5.32 Å². The van der Waals surface area contributed by atoms with Gasteiger partial charge in [-0.05, 0) is 29.2 Å². The molecular weight excluding hydrogens is 314 g/mol. The molecule has 0 bridgehead atoms. The molecule has 2 aromatic rings. The fourth-order valence-corrected chi connectivity index (χ4v) is 3.93. The first-order valence-electron chi connectivity index (χ1n) is 8.55. The van der Waals surface area contributed by atoms with Crippen molar-refractivity contribution in [2.45, 2.75) is 30.8 Å². The Balaban J connectivity index is 1.57. The minimum absolute atomic E-state index is 0.0437. The van der Waals surface area contributed by atoms with Crippen molar-refractivity contribution in [2.24, 2.45) is 5.73 Å². The molecule has 0 saturated carbocycles. The lowest BCUT2D eigenvalue weighted by Gasteiger charge is -2.32. The summed E-state index contributed by atoms with van der Waals surface area (Å²) < 4.78 is 0. The lowest BCUT2D eigenvalue weighted by molar-refractivity contribution is -0.127. The Hall–Kier alpha value is -2.66. The molecule has 3 N–H and O–H groups in total. The Kier molecular flexibility index (Phi) is 3.81. The van der Waals surface area contributed by atoms with E-state index in [1.807, 2.05) is 42.5 Å². The maximum absolute atomic E-state index is 12.9. The maximum Gasteiger partial charge on any atom is 0.228 e. The molecule has 5 nitrogen and oxygen atoms in total.